The molecule has 0 radical (unpaired) electrons. The number of aryl methyl sites for hydroxylation is 1. The molecular formula is C20H26N2O3S. The predicted molar refractivity (Wildman–Crippen MR) is 103 cm³/mol. The van der Waals surface area contributed by atoms with Gasteiger partial charge < -0.3 is 5.32 Å². The van der Waals surface area contributed by atoms with Crippen LogP contribution in [0.5, 0.6) is 0 Å². The van der Waals surface area contributed by atoms with Crippen molar-refractivity contribution in [3.05, 3.63) is 65.7 Å². The first kappa shape index (κ1) is 20.1. The van der Waals surface area contributed by atoms with E-state index in [1.54, 1.807) is 24.3 Å². The highest BCUT2D eigenvalue weighted by Crippen LogP contribution is 2.21. The lowest BCUT2D eigenvalue weighted by Crippen LogP contribution is -2.42. The zero-order valence-corrected chi connectivity index (χ0v) is 16.4. The Labute approximate surface area is 155 Å². The van der Waals surface area contributed by atoms with Gasteiger partial charge in [-0.1, -0.05) is 48.0 Å². The van der Waals surface area contributed by atoms with E-state index in [1.807, 2.05) is 58.0 Å². The van der Waals surface area contributed by atoms with Crippen LogP contribution in [0.2, 0.25) is 0 Å². The lowest BCUT2D eigenvalue weighted by atomic mass is 10.0. The molecule has 1 amide bonds. The van der Waals surface area contributed by atoms with E-state index in [-0.39, 0.29) is 22.8 Å². The first-order chi connectivity index (χ1) is 12.1. The molecule has 0 aliphatic carbocycles. The first-order valence-electron chi connectivity index (χ1n) is 8.52. The van der Waals surface area contributed by atoms with E-state index in [9.17, 15) is 13.2 Å². The lowest BCUT2D eigenvalue weighted by Gasteiger charge is -2.24. The van der Waals surface area contributed by atoms with Gasteiger partial charge in [-0.05, 0) is 45.4 Å². The fraction of sp³-hybridized carbons (Fsp3) is 0.350. The average molecular weight is 375 g/mol. The second-order valence-electron chi connectivity index (χ2n) is 7.40. The summed E-state index contributed by atoms with van der Waals surface area (Å²) >= 11 is 0. The highest BCUT2D eigenvalue weighted by molar-refractivity contribution is 7.89. The quantitative estimate of drug-likeness (QED) is 0.814. The summed E-state index contributed by atoms with van der Waals surface area (Å²) in [5.74, 6) is -0.210. The van der Waals surface area contributed by atoms with Crippen molar-refractivity contribution in [2.45, 2.75) is 50.6 Å². The third-order valence-electron chi connectivity index (χ3n) is 3.73. The van der Waals surface area contributed by atoms with Crippen LogP contribution in [0.1, 0.15) is 44.4 Å². The van der Waals surface area contributed by atoms with E-state index in [2.05, 4.69) is 10.0 Å². The Hall–Kier alpha value is -2.18. The molecule has 26 heavy (non-hydrogen) atoms. The monoisotopic (exact) mass is 374 g/mol. The maximum atomic E-state index is 12.8. The SMILES string of the molecule is Cc1ccc(S(=O)(=O)N[C@@H](CC(=O)NC(C)(C)C)c2ccccc2)cc1. The molecule has 0 unspecified atom stereocenters. The Morgan fingerprint density at radius 3 is 2.12 bits per heavy atom. The Bertz CT molecular complexity index is 839. The molecule has 0 saturated carbocycles. The number of hydrogen-bond donors (Lipinski definition) is 2. The summed E-state index contributed by atoms with van der Waals surface area (Å²) in [7, 11) is -3.74. The van der Waals surface area contributed by atoms with Crippen LogP contribution in [0.15, 0.2) is 59.5 Å². The largest absolute Gasteiger partial charge is 0.351 e. The van der Waals surface area contributed by atoms with Gasteiger partial charge in [-0.25, -0.2) is 13.1 Å². The number of carbonyl (C=O) groups is 1. The van der Waals surface area contributed by atoms with Gasteiger partial charge >= 0.3 is 0 Å². The molecule has 2 aromatic carbocycles. The third-order valence-corrected chi connectivity index (χ3v) is 5.22. The number of carbonyl (C=O) groups excluding carboxylic acids is 1. The highest BCUT2D eigenvalue weighted by Gasteiger charge is 2.25. The molecule has 1 atom stereocenters. The van der Waals surface area contributed by atoms with Gasteiger partial charge in [0.05, 0.1) is 10.9 Å². The van der Waals surface area contributed by atoms with Crippen LogP contribution in [0.4, 0.5) is 0 Å². The standard InChI is InChI=1S/C20H26N2O3S/c1-15-10-12-17(13-11-15)26(24,25)22-18(16-8-6-5-7-9-16)14-19(23)21-20(2,3)4/h5-13,18,22H,14H2,1-4H3,(H,21,23)/t18-/m0/s1. The normalized spacial score (nSPS) is 13.2. The van der Waals surface area contributed by atoms with E-state index in [0.717, 1.165) is 11.1 Å². The maximum Gasteiger partial charge on any atom is 0.241 e. The molecule has 0 spiro atoms. The number of rotatable bonds is 6. The molecule has 2 N–H and O–H groups in total. The summed E-state index contributed by atoms with van der Waals surface area (Å²) in [4.78, 5) is 12.5. The van der Waals surface area contributed by atoms with Crippen molar-refractivity contribution in [2.24, 2.45) is 0 Å². The zero-order valence-electron chi connectivity index (χ0n) is 15.6. The molecule has 0 aliphatic heterocycles. The molecule has 2 rings (SSSR count). The number of benzene rings is 2. The Balaban J connectivity index is 2.26. The molecule has 0 saturated heterocycles. The number of sulfonamides is 1. The van der Waals surface area contributed by atoms with Crippen LogP contribution >= 0.6 is 0 Å². The second-order valence-corrected chi connectivity index (χ2v) is 9.11. The van der Waals surface area contributed by atoms with E-state index in [0.29, 0.717) is 0 Å². The smallest absolute Gasteiger partial charge is 0.241 e. The fourth-order valence-electron chi connectivity index (χ4n) is 2.54. The van der Waals surface area contributed by atoms with E-state index >= 15 is 0 Å². The predicted octanol–water partition coefficient (Wildman–Crippen LogP) is 3.32. The van der Waals surface area contributed by atoms with Crippen molar-refractivity contribution in [3.8, 4) is 0 Å². The van der Waals surface area contributed by atoms with Crippen LogP contribution in [0, 0.1) is 6.92 Å². The summed E-state index contributed by atoms with van der Waals surface area (Å²) in [6, 6.07) is 15.1. The van der Waals surface area contributed by atoms with Crippen LogP contribution in [0.25, 0.3) is 0 Å². The lowest BCUT2D eigenvalue weighted by molar-refractivity contribution is -0.122. The van der Waals surface area contributed by atoms with Gasteiger partial charge in [-0.3, -0.25) is 4.79 Å². The van der Waals surface area contributed by atoms with Crippen molar-refractivity contribution in [3.63, 3.8) is 0 Å². The highest BCUT2D eigenvalue weighted by atomic mass is 32.2. The summed E-state index contributed by atoms with van der Waals surface area (Å²) in [6.07, 6.45) is 0.0202. The minimum Gasteiger partial charge on any atom is -0.351 e. The zero-order chi connectivity index (χ0) is 19.4. The molecule has 0 heterocycles. The van der Waals surface area contributed by atoms with Crippen molar-refractivity contribution in [2.75, 3.05) is 0 Å². The Morgan fingerprint density at radius 2 is 1.58 bits per heavy atom. The minimum atomic E-state index is -3.74. The molecule has 0 bridgehead atoms. The second kappa shape index (κ2) is 8.01. The third kappa shape index (κ3) is 5.97. The van der Waals surface area contributed by atoms with Crippen LogP contribution < -0.4 is 10.0 Å². The molecule has 0 aromatic heterocycles. The van der Waals surface area contributed by atoms with Crippen LogP contribution in [-0.2, 0) is 14.8 Å². The minimum absolute atomic E-state index is 0.0202. The van der Waals surface area contributed by atoms with Gasteiger partial charge in [-0.15, -0.1) is 0 Å². The van der Waals surface area contributed by atoms with E-state index < -0.39 is 16.1 Å². The maximum absolute atomic E-state index is 12.8. The average Bonchev–Trinajstić information content (AvgIpc) is 2.53. The van der Waals surface area contributed by atoms with Gasteiger partial charge in [0.2, 0.25) is 15.9 Å². The van der Waals surface area contributed by atoms with Crippen LogP contribution in [-0.4, -0.2) is 19.9 Å². The molecule has 6 heteroatoms. The van der Waals surface area contributed by atoms with Crippen LogP contribution in [0.3, 0.4) is 0 Å². The van der Waals surface area contributed by atoms with E-state index in [4.69, 9.17) is 0 Å². The molecule has 5 nitrogen and oxygen atoms in total. The van der Waals surface area contributed by atoms with Crippen molar-refractivity contribution < 1.29 is 13.2 Å². The Morgan fingerprint density at radius 1 is 1.00 bits per heavy atom. The first-order valence-corrected chi connectivity index (χ1v) is 10.0. The molecule has 140 valence electrons. The molecular weight excluding hydrogens is 348 g/mol. The molecule has 0 fully saturated rings. The summed E-state index contributed by atoms with van der Waals surface area (Å²) in [5.41, 5.74) is 1.34. The summed E-state index contributed by atoms with van der Waals surface area (Å²) in [6.45, 7) is 7.56. The fourth-order valence-corrected chi connectivity index (χ4v) is 3.76. The number of amides is 1. The van der Waals surface area contributed by atoms with Crippen molar-refractivity contribution >= 4 is 15.9 Å². The molecule has 2 aromatic rings. The number of nitrogens with one attached hydrogen (secondary N) is 2. The summed E-state index contributed by atoms with van der Waals surface area (Å²) < 4.78 is 28.2. The van der Waals surface area contributed by atoms with Gasteiger partial charge in [-0.2, -0.15) is 0 Å². The van der Waals surface area contributed by atoms with Crippen molar-refractivity contribution in [1.29, 1.82) is 0 Å². The van der Waals surface area contributed by atoms with Gasteiger partial charge in [0.25, 0.3) is 0 Å². The van der Waals surface area contributed by atoms with Crippen molar-refractivity contribution in [1.82, 2.24) is 10.0 Å². The molecule has 0 aliphatic rings. The van der Waals surface area contributed by atoms with E-state index in [1.165, 1.54) is 0 Å². The number of hydrogen-bond acceptors (Lipinski definition) is 3. The van der Waals surface area contributed by atoms with Gasteiger partial charge in [0.15, 0.2) is 0 Å². The van der Waals surface area contributed by atoms with Gasteiger partial charge in [0.1, 0.15) is 0 Å². The summed E-state index contributed by atoms with van der Waals surface area (Å²) in [5, 5.41) is 2.88. The van der Waals surface area contributed by atoms with Gasteiger partial charge in [0, 0.05) is 12.0 Å². The Kier molecular flexibility index (Phi) is 6.21. The topological polar surface area (TPSA) is 75.3 Å².